The van der Waals surface area contributed by atoms with Crippen LogP contribution in [0.4, 0.5) is 5.13 Å². The van der Waals surface area contributed by atoms with Crippen LogP contribution in [0, 0.1) is 0 Å². The van der Waals surface area contributed by atoms with Crippen LogP contribution in [0.2, 0.25) is 5.02 Å². The minimum absolute atomic E-state index is 0.0750. The van der Waals surface area contributed by atoms with Crippen molar-refractivity contribution in [3.8, 4) is 5.75 Å². The fourth-order valence-corrected chi connectivity index (χ4v) is 5.46. The maximum Gasteiger partial charge on any atom is 0.244 e. The summed E-state index contributed by atoms with van der Waals surface area (Å²) in [7, 11) is 1.58. The van der Waals surface area contributed by atoms with Gasteiger partial charge < -0.3 is 9.64 Å². The third kappa shape index (κ3) is 5.94. The fourth-order valence-electron chi connectivity index (χ4n) is 2.98. The number of halogens is 1. The molecule has 0 atom stereocenters. The summed E-state index contributed by atoms with van der Waals surface area (Å²) < 4.78 is 31.6. The van der Waals surface area contributed by atoms with Gasteiger partial charge in [0.25, 0.3) is 0 Å². The molecule has 10 heteroatoms. The monoisotopic (exact) mass is 481 g/mol. The number of benzene rings is 2. The van der Waals surface area contributed by atoms with Crippen molar-refractivity contribution in [2.24, 2.45) is 0 Å². The number of hydrogen-bond donors (Lipinski definition) is 0. The van der Waals surface area contributed by atoms with Crippen LogP contribution in [0.5, 0.6) is 5.75 Å². The Balaban J connectivity index is 1.87. The topological polar surface area (TPSA) is 79.8 Å². The molecule has 0 unspecified atom stereocenters. The average Bonchev–Trinajstić information content (AvgIpc) is 3.13. The first-order chi connectivity index (χ1) is 14.7. The predicted octanol–water partition coefficient (Wildman–Crippen LogP) is 3.72. The molecule has 0 aliphatic heterocycles. The summed E-state index contributed by atoms with van der Waals surface area (Å²) in [6, 6.07) is 11.3. The molecule has 3 rings (SSSR count). The summed E-state index contributed by atoms with van der Waals surface area (Å²) in [6.07, 6.45) is 0.679. The van der Waals surface area contributed by atoms with Crippen LogP contribution in [0.25, 0.3) is 10.2 Å². The zero-order chi connectivity index (χ0) is 22.6. The molecule has 0 saturated carbocycles. The highest BCUT2D eigenvalue weighted by molar-refractivity contribution is 7.92. The van der Waals surface area contributed by atoms with E-state index in [0.29, 0.717) is 34.4 Å². The minimum Gasteiger partial charge on any atom is -0.497 e. The van der Waals surface area contributed by atoms with Gasteiger partial charge in [0.1, 0.15) is 11.5 Å². The highest BCUT2D eigenvalue weighted by Gasteiger charge is 2.26. The van der Waals surface area contributed by atoms with Gasteiger partial charge >= 0.3 is 0 Å². The van der Waals surface area contributed by atoms with E-state index in [1.54, 1.807) is 30.3 Å². The zero-order valence-electron chi connectivity index (χ0n) is 17.5. The van der Waals surface area contributed by atoms with E-state index >= 15 is 0 Å². The standard InChI is InChI=1S/C21H24ClN3O4S2/c1-24(2)11-4-12-25(21-23-18-10-5-15(22)13-19(18)30-21)20(26)14-31(27,28)17-8-6-16(29-3)7-9-17/h5-10,13H,4,11-12,14H2,1-3H3. The number of ether oxygens (including phenoxy) is 1. The second kappa shape index (κ2) is 9.95. The number of carbonyl (C=O) groups is 1. The first-order valence-corrected chi connectivity index (χ1v) is 12.4. The van der Waals surface area contributed by atoms with Crippen molar-refractivity contribution >= 4 is 54.0 Å². The molecule has 0 saturated heterocycles. The molecule has 7 nitrogen and oxygen atoms in total. The minimum atomic E-state index is -3.82. The van der Waals surface area contributed by atoms with E-state index < -0.39 is 21.5 Å². The molecular formula is C21H24ClN3O4S2. The first kappa shape index (κ1) is 23.5. The highest BCUT2D eigenvalue weighted by atomic mass is 35.5. The molecule has 0 bridgehead atoms. The fraction of sp³-hybridized carbons (Fsp3) is 0.333. The number of carbonyl (C=O) groups excluding carboxylic acids is 1. The zero-order valence-corrected chi connectivity index (χ0v) is 19.9. The van der Waals surface area contributed by atoms with Gasteiger partial charge in [-0.1, -0.05) is 22.9 Å². The van der Waals surface area contributed by atoms with Crippen LogP contribution >= 0.6 is 22.9 Å². The largest absolute Gasteiger partial charge is 0.497 e. The molecule has 1 heterocycles. The Bertz CT molecular complexity index is 1160. The molecule has 31 heavy (non-hydrogen) atoms. The predicted molar refractivity (Wildman–Crippen MR) is 125 cm³/mol. The second-order valence-corrected chi connectivity index (χ2v) is 10.7. The Morgan fingerprint density at radius 3 is 2.48 bits per heavy atom. The lowest BCUT2D eigenvalue weighted by molar-refractivity contribution is -0.116. The maximum atomic E-state index is 13.1. The first-order valence-electron chi connectivity index (χ1n) is 9.57. The van der Waals surface area contributed by atoms with Crippen molar-refractivity contribution in [3.05, 3.63) is 47.5 Å². The lowest BCUT2D eigenvalue weighted by Gasteiger charge is -2.21. The maximum absolute atomic E-state index is 13.1. The van der Waals surface area contributed by atoms with Gasteiger partial charge in [-0.2, -0.15) is 0 Å². The molecule has 0 spiro atoms. The average molecular weight is 482 g/mol. The van der Waals surface area contributed by atoms with Crippen molar-refractivity contribution < 1.29 is 17.9 Å². The lowest BCUT2D eigenvalue weighted by Crippen LogP contribution is -2.37. The number of rotatable bonds is 9. The number of methoxy groups -OCH3 is 1. The number of sulfone groups is 1. The third-order valence-electron chi connectivity index (χ3n) is 4.59. The number of amides is 1. The Kier molecular flexibility index (Phi) is 7.53. The Morgan fingerprint density at radius 2 is 1.84 bits per heavy atom. The van der Waals surface area contributed by atoms with Gasteiger partial charge in [-0.05, 0) is 69.5 Å². The number of hydrogen-bond acceptors (Lipinski definition) is 7. The summed E-state index contributed by atoms with van der Waals surface area (Å²) in [4.78, 5) is 21.2. The highest BCUT2D eigenvalue weighted by Crippen LogP contribution is 2.31. The Morgan fingerprint density at radius 1 is 1.13 bits per heavy atom. The van der Waals surface area contributed by atoms with E-state index in [9.17, 15) is 13.2 Å². The van der Waals surface area contributed by atoms with Gasteiger partial charge in [0.05, 0.1) is 22.2 Å². The van der Waals surface area contributed by atoms with Crippen molar-refractivity contribution in [3.63, 3.8) is 0 Å². The molecule has 0 aliphatic rings. The van der Waals surface area contributed by atoms with Gasteiger partial charge in [0, 0.05) is 11.6 Å². The molecule has 0 fully saturated rings. The molecule has 1 amide bonds. The van der Waals surface area contributed by atoms with Crippen LogP contribution in [-0.2, 0) is 14.6 Å². The summed E-state index contributed by atoms with van der Waals surface area (Å²) in [5.41, 5.74) is 0.716. The molecule has 2 aromatic carbocycles. The molecule has 3 aromatic rings. The van der Waals surface area contributed by atoms with Gasteiger partial charge in [0.15, 0.2) is 15.0 Å². The quantitative estimate of drug-likeness (QED) is 0.463. The summed E-state index contributed by atoms with van der Waals surface area (Å²) in [5.74, 6) is -0.610. The van der Waals surface area contributed by atoms with Gasteiger partial charge in [-0.25, -0.2) is 13.4 Å². The SMILES string of the molecule is COc1ccc(S(=O)(=O)CC(=O)N(CCCN(C)C)c2nc3ccc(Cl)cc3s2)cc1. The number of anilines is 1. The number of thiazole rings is 1. The van der Waals surface area contributed by atoms with Crippen molar-refractivity contribution in [1.82, 2.24) is 9.88 Å². The van der Waals surface area contributed by atoms with Crippen LogP contribution in [0.1, 0.15) is 6.42 Å². The molecular weight excluding hydrogens is 458 g/mol. The molecule has 0 radical (unpaired) electrons. The van der Waals surface area contributed by atoms with Gasteiger partial charge in [-0.15, -0.1) is 0 Å². The smallest absolute Gasteiger partial charge is 0.244 e. The number of fused-ring (bicyclic) bond motifs is 1. The van der Waals surface area contributed by atoms with E-state index in [4.69, 9.17) is 16.3 Å². The van der Waals surface area contributed by atoms with E-state index in [2.05, 4.69) is 4.98 Å². The van der Waals surface area contributed by atoms with Crippen LogP contribution in [0.15, 0.2) is 47.4 Å². The molecule has 0 N–H and O–H groups in total. The number of aromatic nitrogens is 1. The molecule has 1 aromatic heterocycles. The molecule has 166 valence electrons. The Labute approximate surface area is 191 Å². The second-order valence-electron chi connectivity index (χ2n) is 7.25. The van der Waals surface area contributed by atoms with E-state index in [1.165, 1.54) is 35.5 Å². The summed E-state index contributed by atoms with van der Waals surface area (Å²) in [6.45, 7) is 1.12. The summed E-state index contributed by atoms with van der Waals surface area (Å²) >= 11 is 7.39. The van der Waals surface area contributed by atoms with Crippen LogP contribution in [-0.4, -0.2) is 64.3 Å². The van der Waals surface area contributed by atoms with Crippen molar-refractivity contribution in [1.29, 1.82) is 0 Å². The van der Waals surface area contributed by atoms with Gasteiger partial charge in [-0.3, -0.25) is 9.69 Å². The van der Waals surface area contributed by atoms with Crippen LogP contribution < -0.4 is 9.64 Å². The lowest BCUT2D eigenvalue weighted by atomic mass is 10.3. The third-order valence-corrected chi connectivity index (χ3v) is 7.48. The summed E-state index contributed by atoms with van der Waals surface area (Å²) in [5, 5.41) is 1.04. The van der Waals surface area contributed by atoms with Crippen molar-refractivity contribution in [2.75, 3.05) is 44.9 Å². The normalized spacial score (nSPS) is 11.8. The van der Waals surface area contributed by atoms with Gasteiger partial charge in [0.2, 0.25) is 5.91 Å². The number of nitrogens with zero attached hydrogens (tertiary/aromatic N) is 3. The van der Waals surface area contributed by atoms with E-state index in [1.807, 2.05) is 19.0 Å². The van der Waals surface area contributed by atoms with Crippen molar-refractivity contribution in [2.45, 2.75) is 11.3 Å². The Hall–Kier alpha value is -2.20. The van der Waals surface area contributed by atoms with E-state index in [-0.39, 0.29) is 4.90 Å². The van der Waals surface area contributed by atoms with E-state index in [0.717, 1.165) is 11.2 Å². The van der Waals surface area contributed by atoms with Crippen LogP contribution in [0.3, 0.4) is 0 Å². The molecule has 0 aliphatic carbocycles.